The number of nitrogens with zero attached hydrogens (tertiary/aromatic N) is 2. The Bertz CT molecular complexity index is 827. The van der Waals surface area contributed by atoms with Gasteiger partial charge in [-0.1, -0.05) is 30.9 Å². The average Bonchev–Trinajstić information content (AvgIpc) is 3.07. The third kappa shape index (κ3) is 3.06. The van der Waals surface area contributed by atoms with Crippen LogP contribution >= 0.6 is 22.9 Å². The molecule has 0 saturated heterocycles. The van der Waals surface area contributed by atoms with Crippen LogP contribution in [0.5, 0.6) is 11.6 Å². The first-order chi connectivity index (χ1) is 11.3. The van der Waals surface area contributed by atoms with Crippen molar-refractivity contribution in [3.8, 4) is 11.6 Å². The van der Waals surface area contributed by atoms with Crippen LogP contribution in [0.1, 0.15) is 43.6 Å². The summed E-state index contributed by atoms with van der Waals surface area (Å²) in [4.78, 5) is 9.55. The summed E-state index contributed by atoms with van der Waals surface area (Å²) in [6.45, 7) is 0. The fourth-order valence-corrected chi connectivity index (χ4v) is 4.20. The van der Waals surface area contributed by atoms with E-state index < -0.39 is 0 Å². The predicted octanol–water partition coefficient (Wildman–Crippen LogP) is 6.18. The molecule has 1 aliphatic rings. The van der Waals surface area contributed by atoms with Crippen molar-refractivity contribution < 1.29 is 4.74 Å². The summed E-state index contributed by atoms with van der Waals surface area (Å²) in [7, 11) is 0. The number of halogens is 1. The van der Waals surface area contributed by atoms with E-state index in [0.29, 0.717) is 11.8 Å². The molecule has 5 heteroatoms. The molecule has 0 spiro atoms. The lowest BCUT2D eigenvalue weighted by molar-refractivity contribution is 0.415. The van der Waals surface area contributed by atoms with Gasteiger partial charge in [0.25, 0.3) is 0 Å². The maximum atomic E-state index is 6.24. The molecule has 0 radical (unpaired) electrons. The molecule has 1 saturated carbocycles. The van der Waals surface area contributed by atoms with Crippen LogP contribution in [0.2, 0.25) is 5.02 Å². The lowest BCUT2D eigenvalue weighted by Crippen LogP contribution is -2.06. The summed E-state index contributed by atoms with van der Waals surface area (Å²) in [6.07, 6.45) is 7.85. The predicted molar refractivity (Wildman–Crippen MR) is 94.8 cm³/mol. The lowest BCUT2D eigenvalue weighted by atomic mass is 9.84. The minimum absolute atomic E-state index is 0.525. The molecule has 0 unspecified atom stereocenters. The third-order valence-corrected chi connectivity index (χ3v) is 5.50. The average molecular weight is 345 g/mol. The van der Waals surface area contributed by atoms with Crippen molar-refractivity contribution in [2.75, 3.05) is 0 Å². The van der Waals surface area contributed by atoms with Gasteiger partial charge < -0.3 is 4.74 Å². The topological polar surface area (TPSA) is 35.0 Å². The number of aromatic nitrogens is 2. The maximum absolute atomic E-state index is 6.24. The van der Waals surface area contributed by atoms with Crippen LogP contribution in [0.3, 0.4) is 0 Å². The molecule has 4 rings (SSSR count). The van der Waals surface area contributed by atoms with E-state index in [-0.39, 0.29) is 0 Å². The molecule has 0 N–H and O–H groups in total. The van der Waals surface area contributed by atoms with Gasteiger partial charge in [0.1, 0.15) is 16.9 Å². The number of fused-ring (bicyclic) bond motifs is 1. The van der Waals surface area contributed by atoms with Crippen molar-refractivity contribution in [3.63, 3.8) is 0 Å². The van der Waals surface area contributed by atoms with E-state index in [1.807, 2.05) is 23.6 Å². The molecule has 1 aromatic carbocycles. The number of rotatable bonds is 3. The van der Waals surface area contributed by atoms with Gasteiger partial charge in [-0.15, -0.1) is 11.3 Å². The zero-order valence-electron chi connectivity index (χ0n) is 12.7. The first-order valence-electron chi connectivity index (χ1n) is 7.97. The Hall–Kier alpha value is -1.65. The monoisotopic (exact) mass is 344 g/mol. The molecule has 2 heterocycles. The lowest BCUT2D eigenvalue weighted by Gasteiger charge is -2.24. The maximum Gasteiger partial charge on any atom is 0.231 e. The summed E-state index contributed by atoms with van der Waals surface area (Å²) in [5.41, 5.74) is 1.21. The summed E-state index contributed by atoms with van der Waals surface area (Å²) in [6, 6.07) is 7.91. The van der Waals surface area contributed by atoms with Crippen LogP contribution in [-0.2, 0) is 0 Å². The molecule has 0 amide bonds. The van der Waals surface area contributed by atoms with E-state index in [1.54, 1.807) is 17.7 Å². The van der Waals surface area contributed by atoms with E-state index in [1.165, 1.54) is 37.7 Å². The Balaban J connectivity index is 1.72. The smallest absolute Gasteiger partial charge is 0.231 e. The van der Waals surface area contributed by atoms with Crippen LogP contribution in [0, 0.1) is 0 Å². The van der Waals surface area contributed by atoms with Crippen molar-refractivity contribution >= 4 is 33.2 Å². The summed E-state index contributed by atoms with van der Waals surface area (Å²) in [5, 5.41) is 3.74. The standard InChI is InChI=1S/C18H17ClN2OS/c19-13-6-7-16(15(10-13)12-4-2-1-3-5-12)22-17-14-8-9-23-18(14)21-11-20-17/h6-12H,1-5H2. The number of ether oxygens (including phenoxy) is 1. The second kappa shape index (κ2) is 6.46. The van der Waals surface area contributed by atoms with E-state index in [2.05, 4.69) is 16.0 Å². The molecule has 1 aliphatic carbocycles. The van der Waals surface area contributed by atoms with E-state index in [4.69, 9.17) is 16.3 Å². The van der Waals surface area contributed by atoms with Crippen LogP contribution in [0.4, 0.5) is 0 Å². The minimum atomic E-state index is 0.525. The molecule has 2 aromatic heterocycles. The number of benzene rings is 1. The molecule has 23 heavy (non-hydrogen) atoms. The van der Waals surface area contributed by atoms with Gasteiger partial charge in [-0.3, -0.25) is 0 Å². The summed E-state index contributed by atoms with van der Waals surface area (Å²) >= 11 is 7.83. The van der Waals surface area contributed by atoms with Crippen molar-refractivity contribution in [3.05, 3.63) is 46.6 Å². The van der Waals surface area contributed by atoms with Crippen LogP contribution in [0.15, 0.2) is 36.0 Å². The van der Waals surface area contributed by atoms with Gasteiger partial charge in [-0.25, -0.2) is 9.97 Å². The number of thiophene rings is 1. The first-order valence-corrected chi connectivity index (χ1v) is 9.22. The molecule has 0 atom stereocenters. The molecule has 3 nitrogen and oxygen atoms in total. The van der Waals surface area contributed by atoms with Gasteiger partial charge in [0.05, 0.1) is 5.39 Å². The number of hydrogen-bond acceptors (Lipinski definition) is 4. The van der Waals surface area contributed by atoms with Gasteiger partial charge in [-0.05, 0) is 54.0 Å². The Morgan fingerprint density at radius 2 is 1.96 bits per heavy atom. The van der Waals surface area contributed by atoms with E-state index in [0.717, 1.165) is 21.0 Å². The second-order valence-corrected chi connectivity index (χ2v) is 7.27. The fraction of sp³-hybridized carbons (Fsp3) is 0.333. The fourth-order valence-electron chi connectivity index (χ4n) is 3.30. The van der Waals surface area contributed by atoms with Crippen LogP contribution < -0.4 is 4.74 Å². The van der Waals surface area contributed by atoms with Gasteiger partial charge in [0.2, 0.25) is 5.88 Å². The quantitative estimate of drug-likeness (QED) is 0.568. The Morgan fingerprint density at radius 1 is 1.09 bits per heavy atom. The highest BCUT2D eigenvalue weighted by Gasteiger charge is 2.21. The zero-order valence-corrected chi connectivity index (χ0v) is 14.2. The zero-order chi connectivity index (χ0) is 15.6. The molecular formula is C18H17ClN2OS. The highest BCUT2D eigenvalue weighted by molar-refractivity contribution is 7.16. The van der Waals surface area contributed by atoms with Crippen molar-refractivity contribution in [2.24, 2.45) is 0 Å². The normalized spacial score (nSPS) is 15.9. The highest BCUT2D eigenvalue weighted by atomic mass is 35.5. The molecular weight excluding hydrogens is 328 g/mol. The molecule has 3 aromatic rings. The largest absolute Gasteiger partial charge is 0.438 e. The summed E-state index contributed by atoms with van der Waals surface area (Å²) in [5.74, 6) is 2.01. The Labute approximate surface area is 144 Å². The Kier molecular flexibility index (Phi) is 4.19. The van der Waals surface area contributed by atoms with Gasteiger partial charge in [0.15, 0.2) is 0 Å². The number of hydrogen-bond donors (Lipinski definition) is 0. The summed E-state index contributed by atoms with van der Waals surface area (Å²) < 4.78 is 6.19. The minimum Gasteiger partial charge on any atom is -0.438 e. The highest BCUT2D eigenvalue weighted by Crippen LogP contribution is 2.40. The van der Waals surface area contributed by atoms with Crippen molar-refractivity contribution in [2.45, 2.75) is 38.0 Å². The second-order valence-electron chi connectivity index (χ2n) is 5.94. The first kappa shape index (κ1) is 14.9. The van der Waals surface area contributed by atoms with Gasteiger partial charge in [0, 0.05) is 5.02 Å². The van der Waals surface area contributed by atoms with Gasteiger partial charge >= 0.3 is 0 Å². The molecule has 1 fully saturated rings. The third-order valence-electron chi connectivity index (χ3n) is 4.45. The SMILES string of the molecule is Clc1ccc(Oc2ncnc3sccc23)c(C2CCCCC2)c1. The van der Waals surface area contributed by atoms with E-state index >= 15 is 0 Å². The van der Waals surface area contributed by atoms with Crippen molar-refractivity contribution in [1.82, 2.24) is 9.97 Å². The van der Waals surface area contributed by atoms with E-state index in [9.17, 15) is 0 Å². The van der Waals surface area contributed by atoms with Crippen LogP contribution in [0.25, 0.3) is 10.2 Å². The molecule has 0 aliphatic heterocycles. The van der Waals surface area contributed by atoms with Crippen LogP contribution in [-0.4, -0.2) is 9.97 Å². The molecule has 118 valence electrons. The van der Waals surface area contributed by atoms with Gasteiger partial charge in [-0.2, -0.15) is 0 Å². The molecule has 0 bridgehead atoms. The van der Waals surface area contributed by atoms with Crippen molar-refractivity contribution in [1.29, 1.82) is 0 Å². The Morgan fingerprint density at radius 3 is 2.83 bits per heavy atom.